The lowest BCUT2D eigenvalue weighted by Crippen LogP contribution is -2.26. The Bertz CT molecular complexity index is 1580. The number of hydrogen-bond acceptors (Lipinski definition) is 11. The first-order valence-corrected chi connectivity index (χ1v) is 12.8. The Labute approximate surface area is 242 Å². The van der Waals surface area contributed by atoms with Crippen molar-refractivity contribution in [2.75, 3.05) is 6.61 Å². The normalized spacial score (nSPS) is 13.3. The lowest BCUT2D eigenvalue weighted by molar-refractivity contribution is -0.154. The molecule has 0 radical (unpaired) electrons. The average molecular weight is 613 g/mol. The Balaban J connectivity index is 1.73. The topological polar surface area (TPSA) is 132 Å². The summed E-state index contributed by atoms with van der Waals surface area (Å²) in [6.07, 6.45) is -7.62. The predicted molar refractivity (Wildman–Crippen MR) is 141 cm³/mol. The van der Waals surface area contributed by atoms with E-state index in [4.69, 9.17) is 14.2 Å². The first-order chi connectivity index (χ1) is 19.9. The molecule has 0 saturated heterocycles. The fraction of sp³-hybridized carbons (Fsp3) is 0.500. The van der Waals surface area contributed by atoms with Gasteiger partial charge in [-0.15, -0.1) is 15.3 Å². The standard InChI is InChI=1S/C26H29F5N8O4/c1-24(2,3)42-21-14(10-32-23(35-21)43-25(4,5)6)15-8-13-20(37-36-15)39(7)38-22(13)41-18(19(27)28)16-9-17(34-12-33-16)40-11-26(29,30)31/h8-10,12,18-19H,11H2,1-7H3/t18-/m0/s1. The first-order valence-electron chi connectivity index (χ1n) is 12.8. The SMILES string of the molecule is Cn1nc(O[C@@H](c2cc(OCC(F)(F)F)ncn2)C(F)F)c2cc(-c3cnc(OC(C)(C)C)nc3OC(C)(C)C)nnc21. The zero-order valence-corrected chi connectivity index (χ0v) is 24.3. The highest BCUT2D eigenvalue weighted by Gasteiger charge is 2.32. The fourth-order valence-electron chi connectivity index (χ4n) is 3.56. The van der Waals surface area contributed by atoms with Crippen LogP contribution in [0.15, 0.2) is 24.7 Å². The number of nitrogens with zero attached hydrogens (tertiary/aromatic N) is 8. The van der Waals surface area contributed by atoms with Gasteiger partial charge < -0.3 is 18.9 Å². The molecule has 4 aromatic rings. The van der Waals surface area contributed by atoms with Crippen molar-refractivity contribution in [2.24, 2.45) is 7.05 Å². The largest absolute Gasteiger partial charge is 0.471 e. The van der Waals surface area contributed by atoms with Crippen molar-refractivity contribution in [1.29, 1.82) is 0 Å². The highest BCUT2D eigenvalue weighted by atomic mass is 19.4. The number of aryl methyl sites for hydroxylation is 1. The van der Waals surface area contributed by atoms with Crippen LogP contribution in [0, 0.1) is 0 Å². The second-order valence-electron chi connectivity index (χ2n) is 11.3. The zero-order valence-electron chi connectivity index (χ0n) is 24.3. The minimum atomic E-state index is -4.65. The minimum Gasteiger partial charge on any atom is -0.471 e. The molecule has 0 aliphatic rings. The molecular formula is C26H29F5N8O4. The molecule has 4 rings (SSSR count). The summed E-state index contributed by atoms with van der Waals surface area (Å²) in [6, 6.07) is 2.40. The Morgan fingerprint density at radius 1 is 0.884 bits per heavy atom. The zero-order chi connectivity index (χ0) is 31.7. The van der Waals surface area contributed by atoms with Gasteiger partial charge in [-0.1, -0.05) is 0 Å². The van der Waals surface area contributed by atoms with E-state index in [1.165, 1.54) is 24.0 Å². The molecule has 43 heavy (non-hydrogen) atoms. The second kappa shape index (κ2) is 11.7. The maximum atomic E-state index is 14.2. The Kier molecular flexibility index (Phi) is 8.56. The molecule has 0 fully saturated rings. The van der Waals surface area contributed by atoms with Gasteiger partial charge in [-0.05, 0) is 47.6 Å². The first kappa shape index (κ1) is 31.5. The van der Waals surface area contributed by atoms with E-state index >= 15 is 0 Å². The van der Waals surface area contributed by atoms with Crippen molar-refractivity contribution in [3.8, 4) is 34.9 Å². The van der Waals surface area contributed by atoms with E-state index in [1.54, 1.807) is 0 Å². The van der Waals surface area contributed by atoms with Crippen LogP contribution in [0.2, 0.25) is 0 Å². The summed E-state index contributed by atoms with van der Waals surface area (Å²) in [4.78, 5) is 16.0. The maximum absolute atomic E-state index is 14.2. The molecule has 4 heterocycles. The Morgan fingerprint density at radius 2 is 1.58 bits per heavy atom. The lowest BCUT2D eigenvalue weighted by Gasteiger charge is -2.24. The van der Waals surface area contributed by atoms with E-state index in [-0.39, 0.29) is 34.5 Å². The van der Waals surface area contributed by atoms with Crippen LogP contribution in [-0.4, -0.2) is 70.3 Å². The Hall–Kier alpha value is -4.44. The molecule has 0 amide bonds. The number of hydrogen-bond donors (Lipinski definition) is 0. The molecule has 4 aromatic heterocycles. The van der Waals surface area contributed by atoms with Crippen LogP contribution in [0.25, 0.3) is 22.3 Å². The number of rotatable bonds is 9. The van der Waals surface area contributed by atoms with Crippen molar-refractivity contribution < 1.29 is 40.9 Å². The van der Waals surface area contributed by atoms with Crippen LogP contribution >= 0.6 is 0 Å². The van der Waals surface area contributed by atoms with Crippen LogP contribution in [0.4, 0.5) is 22.0 Å². The van der Waals surface area contributed by atoms with E-state index in [0.717, 1.165) is 12.4 Å². The number of alkyl halides is 5. The number of aromatic nitrogens is 8. The van der Waals surface area contributed by atoms with Gasteiger partial charge in [0.2, 0.25) is 23.7 Å². The quantitative estimate of drug-likeness (QED) is 0.228. The van der Waals surface area contributed by atoms with Crippen molar-refractivity contribution in [3.05, 3.63) is 30.4 Å². The highest BCUT2D eigenvalue weighted by Crippen LogP contribution is 2.36. The van der Waals surface area contributed by atoms with Gasteiger partial charge in [-0.25, -0.2) is 28.4 Å². The molecule has 0 aliphatic heterocycles. The van der Waals surface area contributed by atoms with Gasteiger partial charge in [0.25, 0.3) is 6.43 Å². The minimum absolute atomic E-state index is 0.0677. The smallest absolute Gasteiger partial charge is 0.422 e. The van der Waals surface area contributed by atoms with Crippen molar-refractivity contribution in [1.82, 2.24) is 39.9 Å². The molecule has 232 valence electrons. The highest BCUT2D eigenvalue weighted by molar-refractivity contribution is 5.85. The van der Waals surface area contributed by atoms with Crippen molar-refractivity contribution in [3.63, 3.8) is 0 Å². The summed E-state index contributed by atoms with van der Waals surface area (Å²) in [5.74, 6) is -0.678. The summed E-state index contributed by atoms with van der Waals surface area (Å²) in [5, 5.41) is 12.7. The molecule has 0 aliphatic carbocycles. The molecule has 0 aromatic carbocycles. The molecule has 0 spiro atoms. The number of halogens is 5. The molecule has 0 saturated carbocycles. The molecule has 0 unspecified atom stereocenters. The molecule has 0 N–H and O–H groups in total. The third kappa shape index (κ3) is 8.32. The van der Waals surface area contributed by atoms with Gasteiger partial charge in [0.1, 0.15) is 23.2 Å². The molecule has 12 nitrogen and oxygen atoms in total. The number of ether oxygens (including phenoxy) is 4. The van der Waals surface area contributed by atoms with Gasteiger partial charge in [0.05, 0.1) is 16.6 Å². The molecule has 0 bridgehead atoms. The van der Waals surface area contributed by atoms with E-state index in [1.807, 2.05) is 41.5 Å². The van der Waals surface area contributed by atoms with Crippen molar-refractivity contribution >= 4 is 11.0 Å². The van der Waals surface area contributed by atoms with E-state index < -0.39 is 48.1 Å². The van der Waals surface area contributed by atoms with E-state index in [2.05, 4.69) is 40.0 Å². The fourth-order valence-corrected chi connectivity index (χ4v) is 3.56. The third-order valence-electron chi connectivity index (χ3n) is 5.17. The van der Waals surface area contributed by atoms with Gasteiger partial charge >= 0.3 is 12.2 Å². The third-order valence-corrected chi connectivity index (χ3v) is 5.17. The van der Waals surface area contributed by atoms with Crippen LogP contribution in [-0.2, 0) is 7.05 Å². The summed E-state index contributed by atoms with van der Waals surface area (Å²) in [5.41, 5.74) is -0.953. The van der Waals surface area contributed by atoms with E-state index in [0.29, 0.717) is 5.56 Å². The van der Waals surface area contributed by atoms with Crippen LogP contribution in [0.3, 0.4) is 0 Å². The van der Waals surface area contributed by atoms with Crippen LogP contribution < -0.4 is 18.9 Å². The monoisotopic (exact) mass is 612 g/mol. The average Bonchev–Trinajstić information content (AvgIpc) is 3.18. The van der Waals surface area contributed by atoms with Gasteiger partial charge in [-0.2, -0.15) is 18.2 Å². The summed E-state index contributed by atoms with van der Waals surface area (Å²) >= 11 is 0. The van der Waals surface area contributed by atoms with Gasteiger partial charge in [0, 0.05) is 19.3 Å². The summed E-state index contributed by atoms with van der Waals surface area (Å²) in [6.45, 7) is 9.31. The van der Waals surface area contributed by atoms with Crippen molar-refractivity contribution in [2.45, 2.75) is 71.5 Å². The lowest BCUT2D eigenvalue weighted by atomic mass is 10.1. The van der Waals surface area contributed by atoms with Crippen LogP contribution in [0.5, 0.6) is 23.7 Å². The Morgan fingerprint density at radius 3 is 2.21 bits per heavy atom. The molecule has 17 heteroatoms. The van der Waals surface area contributed by atoms with Gasteiger partial charge in [0.15, 0.2) is 12.3 Å². The summed E-state index contributed by atoms with van der Waals surface area (Å²) < 4.78 is 89.3. The predicted octanol–water partition coefficient (Wildman–Crippen LogP) is 5.29. The van der Waals surface area contributed by atoms with Crippen LogP contribution in [0.1, 0.15) is 53.3 Å². The summed E-state index contributed by atoms with van der Waals surface area (Å²) in [7, 11) is 1.50. The van der Waals surface area contributed by atoms with E-state index in [9.17, 15) is 22.0 Å². The maximum Gasteiger partial charge on any atom is 0.422 e. The second-order valence-corrected chi connectivity index (χ2v) is 11.3. The number of fused-ring (bicyclic) bond motifs is 1. The van der Waals surface area contributed by atoms with Gasteiger partial charge in [-0.3, -0.25) is 0 Å². The molecular weight excluding hydrogens is 583 g/mol. The molecule has 1 atom stereocenters.